The molecule has 1 aromatic carbocycles. The summed E-state index contributed by atoms with van der Waals surface area (Å²) in [5, 5.41) is 21.6. The minimum Gasteiger partial charge on any atom is -0.508 e. The summed E-state index contributed by atoms with van der Waals surface area (Å²) in [5.41, 5.74) is 1.68. The lowest BCUT2D eigenvalue weighted by Gasteiger charge is -2.04. The van der Waals surface area contributed by atoms with Crippen molar-refractivity contribution in [1.29, 1.82) is 0 Å². The molecule has 0 saturated carbocycles. The number of thiophene rings is 1. The molecule has 2 nitrogen and oxygen atoms in total. The van der Waals surface area contributed by atoms with E-state index in [0.717, 1.165) is 15.6 Å². The maximum atomic E-state index is 9.55. The molecule has 13 heavy (non-hydrogen) atoms. The number of aliphatic hydroxyl groups is 1. The second-order valence-electron chi connectivity index (χ2n) is 3.01. The van der Waals surface area contributed by atoms with E-state index in [2.05, 4.69) is 0 Å². The van der Waals surface area contributed by atoms with E-state index in [-0.39, 0.29) is 12.4 Å². The summed E-state index contributed by atoms with van der Waals surface area (Å²) in [6.45, 7) is 1.85. The molecule has 0 aliphatic rings. The minimum absolute atomic E-state index is 0.112. The maximum absolute atomic E-state index is 9.55. The van der Waals surface area contributed by atoms with Gasteiger partial charge in [0.15, 0.2) is 0 Å². The molecule has 0 saturated heterocycles. The summed E-state index contributed by atoms with van der Waals surface area (Å²) in [7, 11) is 0. The monoisotopic (exact) mass is 194 g/mol. The van der Waals surface area contributed by atoms with Crippen LogP contribution in [0.4, 0.5) is 0 Å². The Kier molecular flexibility index (Phi) is 1.98. The molecule has 3 heteroatoms. The van der Waals surface area contributed by atoms with E-state index in [1.165, 1.54) is 0 Å². The molecule has 0 atom stereocenters. The van der Waals surface area contributed by atoms with Crippen molar-refractivity contribution in [2.24, 2.45) is 0 Å². The molecule has 0 aliphatic carbocycles. The molecule has 0 unspecified atom stereocenters. The lowest BCUT2D eigenvalue weighted by molar-refractivity contribution is 0.277. The first-order valence-corrected chi connectivity index (χ1v) is 4.91. The molecule has 2 N–H and O–H groups in total. The molecule has 0 aliphatic heterocycles. The highest BCUT2D eigenvalue weighted by Crippen LogP contribution is 2.33. The van der Waals surface area contributed by atoms with Crippen LogP contribution in [0, 0.1) is 6.92 Å². The highest BCUT2D eigenvalue weighted by atomic mass is 32.1. The zero-order chi connectivity index (χ0) is 9.42. The van der Waals surface area contributed by atoms with Crippen LogP contribution in [0.15, 0.2) is 17.5 Å². The van der Waals surface area contributed by atoms with Gasteiger partial charge in [0.2, 0.25) is 0 Å². The van der Waals surface area contributed by atoms with Crippen LogP contribution in [-0.2, 0) is 6.61 Å². The Labute approximate surface area is 80.1 Å². The molecule has 0 spiro atoms. The van der Waals surface area contributed by atoms with Gasteiger partial charge < -0.3 is 10.2 Å². The third-order valence-corrected chi connectivity index (χ3v) is 3.22. The zero-order valence-electron chi connectivity index (χ0n) is 7.24. The van der Waals surface area contributed by atoms with Crippen molar-refractivity contribution in [1.82, 2.24) is 0 Å². The van der Waals surface area contributed by atoms with Crippen LogP contribution >= 0.6 is 11.3 Å². The molecule has 2 aromatic rings. The van der Waals surface area contributed by atoms with Crippen molar-refractivity contribution in [2.45, 2.75) is 13.5 Å². The predicted molar refractivity (Wildman–Crippen MR) is 54.1 cm³/mol. The second-order valence-corrected chi connectivity index (χ2v) is 3.93. The first-order valence-electron chi connectivity index (χ1n) is 4.03. The number of aromatic hydroxyl groups is 1. The van der Waals surface area contributed by atoms with Crippen molar-refractivity contribution in [2.75, 3.05) is 0 Å². The van der Waals surface area contributed by atoms with Crippen LogP contribution in [0.2, 0.25) is 0 Å². The van der Waals surface area contributed by atoms with Gasteiger partial charge in [0.1, 0.15) is 5.75 Å². The van der Waals surface area contributed by atoms with Gasteiger partial charge in [-0.05, 0) is 30.0 Å². The van der Waals surface area contributed by atoms with Gasteiger partial charge in [0.25, 0.3) is 0 Å². The number of rotatable bonds is 1. The first kappa shape index (κ1) is 8.53. The van der Waals surface area contributed by atoms with Crippen molar-refractivity contribution in [3.63, 3.8) is 0 Å². The molecule has 0 radical (unpaired) electrons. The normalized spacial score (nSPS) is 10.9. The SMILES string of the molecule is Cc1cc(O)c(CO)c2ccsc12. The van der Waals surface area contributed by atoms with E-state index in [9.17, 15) is 5.11 Å². The number of aryl methyl sites for hydroxylation is 1. The van der Waals surface area contributed by atoms with E-state index in [1.54, 1.807) is 17.4 Å². The fourth-order valence-corrected chi connectivity index (χ4v) is 2.42. The lowest BCUT2D eigenvalue weighted by Crippen LogP contribution is -1.86. The van der Waals surface area contributed by atoms with Gasteiger partial charge >= 0.3 is 0 Å². The van der Waals surface area contributed by atoms with Gasteiger partial charge in [-0.1, -0.05) is 0 Å². The lowest BCUT2D eigenvalue weighted by atomic mass is 10.1. The molecule has 0 fully saturated rings. The maximum Gasteiger partial charge on any atom is 0.122 e. The van der Waals surface area contributed by atoms with Crippen molar-refractivity contribution >= 4 is 21.4 Å². The second kappa shape index (κ2) is 3.01. The van der Waals surface area contributed by atoms with Crippen molar-refractivity contribution in [3.05, 3.63) is 28.6 Å². The van der Waals surface area contributed by atoms with E-state index < -0.39 is 0 Å². The number of phenols is 1. The summed E-state index contributed by atoms with van der Waals surface area (Å²) < 4.78 is 1.14. The Morgan fingerprint density at radius 3 is 2.92 bits per heavy atom. The molecule has 2 rings (SSSR count). The third kappa shape index (κ3) is 1.20. The standard InChI is InChI=1S/C10H10O2S/c1-6-4-9(12)8(5-11)7-2-3-13-10(6)7/h2-4,11-12H,5H2,1H3. The fraction of sp³-hybridized carbons (Fsp3) is 0.200. The Morgan fingerprint density at radius 2 is 2.23 bits per heavy atom. The number of aliphatic hydroxyl groups excluding tert-OH is 1. The summed E-state index contributed by atoms with van der Waals surface area (Å²) in [6.07, 6.45) is 0. The van der Waals surface area contributed by atoms with E-state index >= 15 is 0 Å². The molecule has 1 aromatic heterocycles. The number of hydrogen-bond acceptors (Lipinski definition) is 3. The summed E-state index contributed by atoms with van der Waals surface area (Å²) in [4.78, 5) is 0. The van der Waals surface area contributed by atoms with Crippen LogP contribution in [-0.4, -0.2) is 10.2 Å². The van der Waals surface area contributed by atoms with E-state index in [0.29, 0.717) is 5.56 Å². The first-order chi connectivity index (χ1) is 6.24. The highest BCUT2D eigenvalue weighted by Gasteiger charge is 2.09. The Morgan fingerprint density at radius 1 is 1.46 bits per heavy atom. The van der Waals surface area contributed by atoms with Gasteiger partial charge in [-0.15, -0.1) is 11.3 Å². The quantitative estimate of drug-likeness (QED) is 0.731. The Balaban J connectivity index is 2.88. The average Bonchev–Trinajstić information content (AvgIpc) is 2.53. The summed E-state index contributed by atoms with van der Waals surface area (Å²) in [5.74, 6) is 0.186. The average molecular weight is 194 g/mol. The minimum atomic E-state index is -0.112. The van der Waals surface area contributed by atoms with Gasteiger partial charge in [-0.25, -0.2) is 0 Å². The molecule has 0 bridgehead atoms. The van der Waals surface area contributed by atoms with Crippen LogP contribution in [0.3, 0.4) is 0 Å². The summed E-state index contributed by atoms with van der Waals surface area (Å²) >= 11 is 1.63. The molecule has 1 heterocycles. The Hall–Kier alpha value is -1.06. The van der Waals surface area contributed by atoms with Gasteiger partial charge in [-0.3, -0.25) is 0 Å². The van der Waals surface area contributed by atoms with Gasteiger partial charge in [0.05, 0.1) is 6.61 Å². The zero-order valence-corrected chi connectivity index (χ0v) is 8.06. The Bertz CT molecular complexity index is 445. The smallest absolute Gasteiger partial charge is 0.122 e. The fourth-order valence-electron chi connectivity index (χ4n) is 1.51. The van der Waals surface area contributed by atoms with Gasteiger partial charge in [0, 0.05) is 15.6 Å². The topological polar surface area (TPSA) is 40.5 Å². The highest BCUT2D eigenvalue weighted by molar-refractivity contribution is 7.17. The van der Waals surface area contributed by atoms with Crippen molar-refractivity contribution in [3.8, 4) is 5.75 Å². The van der Waals surface area contributed by atoms with Crippen molar-refractivity contribution < 1.29 is 10.2 Å². The van der Waals surface area contributed by atoms with E-state index in [4.69, 9.17) is 5.11 Å². The molecular formula is C10H10O2S. The predicted octanol–water partition coefficient (Wildman–Crippen LogP) is 2.41. The van der Waals surface area contributed by atoms with Crippen LogP contribution in [0.5, 0.6) is 5.75 Å². The van der Waals surface area contributed by atoms with Gasteiger partial charge in [-0.2, -0.15) is 0 Å². The summed E-state index contributed by atoms with van der Waals surface area (Å²) in [6, 6.07) is 3.63. The van der Waals surface area contributed by atoms with Crippen LogP contribution in [0.1, 0.15) is 11.1 Å². The largest absolute Gasteiger partial charge is 0.508 e. The van der Waals surface area contributed by atoms with Crippen LogP contribution in [0.25, 0.3) is 10.1 Å². The molecule has 68 valence electrons. The number of hydrogen-bond donors (Lipinski definition) is 2. The van der Waals surface area contributed by atoms with E-state index in [1.807, 2.05) is 18.4 Å². The molecule has 0 amide bonds. The van der Waals surface area contributed by atoms with Crippen LogP contribution < -0.4 is 0 Å². The third-order valence-electron chi connectivity index (χ3n) is 2.17. The number of fused-ring (bicyclic) bond motifs is 1. The number of benzene rings is 1. The molecular weight excluding hydrogens is 184 g/mol.